The van der Waals surface area contributed by atoms with Crippen LogP contribution in [0.5, 0.6) is 0 Å². The van der Waals surface area contributed by atoms with Crippen LogP contribution in [0.25, 0.3) is 0 Å². The highest BCUT2D eigenvalue weighted by Gasteiger charge is 2.26. The Morgan fingerprint density at radius 1 is 0.958 bits per heavy atom. The number of carbonyl (C=O) groups is 1. The summed E-state index contributed by atoms with van der Waals surface area (Å²) in [5, 5.41) is 8.96. The summed E-state index contributed by atoms with van der Waals surface area (Å²) in [5.41, 5.74) is 2.53. The van der Waals surface area contributed by atoms with Crippen molar-refractivity contribution in [2.45, 2.75) is 6.04 Å². The minimum absolute atomic E-state index is 0.127. The molecule has 0 aliphatic carbocycles. The number of hydrogen-bond acceptors (Lipinski definition) is 3. The normalized spacial score (nSPS) is 17.5. The van der Waals surface area contributed by atoms with Crippen molar-refractivity contribution < 1.29 is 9.90 Å². The van der Waals surface area contributed by atoms with Crippen LogP contribution in [0.3, 0.4) is 0 Å². The molecule has 126 valence electrons. The highest BCUT2D eigenvalue weighted by Crippen LogP contribution is 2.30. The summed E-state index contributed by atoms with van der Waals surface area (Å²) in [4.78, 5) is 15.3. The van der Waals surface area contributed by atoms with Crippen LogP contribution in [0, 0.1) is 0 Å². The van der Waals surface area contributed by atoms with Gasteiger partial charge in [0.2, 0.25) is 0 Å². The zero-order valence-electron chi connectivity index (χ0n) is 13.4. The van der Waals surface area contributed by atoms with Crippen LogP contribution in [-0.4, -0.2) is 53.6 Å². The molecular weight excluding hydrogens is 368 g/mol. The van der Waals surface area contributed by atoms with Gasteiger partial charge in [0.05, 0.1) is 12.6 Å². The zero-order valence-corrected chi connectivity index (χ0v) is 15.0. The maximum Gasteiger partial charge on any atom is 0.317 e. The van der Waals surface area contributed by atoms with E-state index in [2.05, 4.69) is 69.4 Å². The molecule has 3 rings (SSSR count). The number of carboxylic acid groups (broad SMARTS) is 1. The van der Waals surface area contributed by atoms with E-state index in [0.29, 0.717) is 0 Å². The molecule has 2 aromatic carbocycles. The SMILES string of the molecule is O=C(O)CN1CCN([C@H](c2ccccc2)c2ccc(Br)cc2)CC1. The lowest BCUT2D eigenvalue weighted by Gasteiger charge is -2.39. The van der Waals surface area contributed by atoms with E-state index in [4.69, 9.17) is 5.11 Å². The molecule has 1 atom stereocenters. The van der Waals surface area contributed by atoms with Gasteiger partial charge in [0, 0.05) is 30.7 Å². The molecule has 1 fully saturated rings. The first kappa shape index (κ1) is 17.1. The van der Waals surface area contributed by atoms with Crippen LogP contribution in [0.15, 0.2) is 59.1 Å². The predicted octanol–water partition coefficient (Wildman–Crippen LogP) is 3.24. The Bertz CT molecular complexity index is 668. The van der Waals surface area contributed by atoms with Crippen molar-refractivity contribution in [3.05, 3.63) is 70.2 Å². The molecule has 0 unspecified atom stereocenters. The molecule has 5 heteroatoms. The van der Waals surface area contributed by atoms with E-state index in [1.54, 1.807) is 0 Å². The van der Waals surface area contributed by atoms with E-state index >= 15 is 0 Å². The van der Waals surface area contributed by atoms with Crippen LogP contribution < -0.4 is 0 Å². The minimum Gasteiger partial charge on any atom is -0.480 e. The topological polar surface area (TPSA) is 43.8 Å². The fraction of sp³-hybridized carbons (Fsp3) is 0.316. The van der Waals surface area contributed by atoms with Crippen molar-refractivity contribution in [2.24, 2.45) is 0 Å². The molecule has 1 aliphatic heterocycles. The van der Waals surface area contributed by atoms with Crippen molar-refractivity contribution in [1.82, 2.24) is 9.80 Å². The molecule has 1 aliphatic rings. The summed E-state index contributed by atoms with van der Waals surface area (Å²) in [5.74, 6) is -0.754. The Labute approximate surface area is 150 Å². The lowest BCUT2D eigenvalue weighted by atomic mass is 9.96. The average Bonchev–Trinajstić information content (AvgIpc) is 2.59. The third-order valence-electron chi connectivity index (χ3n) is 4.43. The molecule has 0 saturated carbocycles. The summed E-state index contributed by atoms with van der Waals surface area (Å²) in [7, 11) is 0. The molecule has 4 nitrogen and oxygen atoms in total. The van der Waals surface area contributed by atoms with E-state index in [0.717, 1.165) is 30.7 Å². The van der Waals surface area contributed by atoms with E-state index in [-0.39, 0.29) is 12.6 Å². The smallest absolute Gasteiger partial charge is 0.317 e. The predicted molar refractivity (Wildman–Crippen MR) is 98.1 cm³/mol. The van der Waals surface area contributed by atoms with Gasteiger partial charge in [-0.25, -0.2) is 0 Å². The molecule has 0 spiro atoms. The van der Waals surface area contributed by atoms with Crippen LogP contribution >= 0.6 is 15.9 Å². The summed E-state index contributed by atoms with van der Waals surface area (Å²) in [6, 6.07) is 19.2. The number of hydrogen-bond donors (Lipinski definition) is 1. The minimum atomic E-state index is -0.754. The molecule has 1 heterocycles. The van der Waals surface area contributed by atoms with Gasteiger partial charge in [0.15, 0.2) is 0 Å². The summed E-state index contributed by atoms with van der Waals surface area (Å²) < 4.78 is 1.07. The van der Waals surface area contributed by atoms with Crippen LogP contribution in [0.2, 0.25) is 0 Å². The first-order valence-corrected chi connectivity index (χ1v) is 8.91. The number of nitrogens with zero attached hydrogens (tertiary/aromatic N) is 2. The molecule has 0 radical (unpaired) electrons. The third kappa shape index (κ3) is 4.23. The fourth-order valence-electron chi connectivity index (χ4n) is 3.27. The number of benzene rings is 2. The number of carboxylic acids is 1. The molecule has 2 aromatic rings. The third-order valence-corrected chi connectivity index (χ3v) is 4.96. The van der Waals surface area contributed by atoms with E-state index < -0.39 is 5.97 Å². The summed E-state index contributed by atoms with van der Waals surface area (Å²) in [6.07, 6.45) is 0. The van der Waals surface area contributed by atoms with Crippen LogP contribution in [0.1, 0.15) is 17.2 Å². The standard InChI is InChI=1S/C19H21BrN2O2/c20-17-8-6-16(7-9-17)19(15-4-2-1-3-5-15)22-12-10-21(11-13-22)14-18(23)24/h1-9,19H,10-14H2,(H,23,24)/t19-/m1/s1. The molecular formula is C19H21BrN2O2. The average molecular weight is 389 g/mol. The summed E-state index contributed by atoms with van der Waals surface area (Å²) in [6.45, 7) is 3.42. The monoisotopic (exact) mass is 388 g/mol. The molecule has 1 saturated heterocycles. The molecule has 1 N–H and O–H groups in total. The first-order chi connectivity index (χ1) is 11.6. The number of piperazine rings is 1. The van der Waals surface area contributed by atoms with Gasteiger partial charge in [-0.1, -0.05) is 58.4 Å². The van der Waals surface area contributed by atoms with Crippen molar-refractivity contribution in [1.29, 1.82) is 0 Å². The Hall–Kier alpha value is -1.69. The Morgan fingerprint density at radius 3 is 2.12 bits per heavy atom. The maximum absolute atomic E-state index is 10.9. The van der Waals surface area contributed by atoms with E-state index in [1.165, 1.54) is 11.1 Å². The fourth-order valence-corrected chi connectivity index (χ4v) is 3.53. The lowest BCUT2D eigenvalue weighted by molar-refractivity contribution is -0.138. The van der Waals surface area contributed by atoms with E-state index in [1.807, 2.05) is 11.0 Å². The molecule has 24 heavy (non-hydrogen) atoms. The Kier molecular flexibility index (Phi) is 5.66. The van der Waals surface area contributed by atoms with Gasteiger partial charge in [-0.15, -0.1) is 0 Å². The van der Waals surface area contributed by atoms with Gasteiger partial charge >= 0.3 is 5.97 Å². The lowest BCUT2D eigenvalue weighted by Crippen LogP contribution is -2.49. The van der Waals surface area contributed by atoms with Gasteiger partial charge in [-0.05, 0) is 23.3 Å². The Balaban J connectivity index is 1.81. The highest BCUT2D eigenvalue weighted by molar-refractivity contribution is 9.10. The summed E-state index contributed by atoms with van der Waals surface area (Å²) >= 11 is 3.50. The van der Waals surface area contributed by atoms with Gasteiger partial charge in [0.25, 0.3) is 0 Å². The van der Waals surface area contributed by atoms with Crippen molar-refractivity contribution in [3.63, 3.8) is 0 Å². The first-order valence-electron chi connectivity index (χ1n) is 8.12. The number of rotatable bonds is 5. The second-order valence-corrected chi connectivity index (χ2v) is 6.99. The molecule has 0 bridgehead atoms. The Morgan fingerprint density at radius 2 is 1.54 bits per heavy atom. The largest absolute Gasteiger partial charge is 0.480 e. The van der Waals surface area contributed by atoms with Gasteiger partial charge in [0.1, 0.15) is 0 Å². The van der Waals surface area contributed by atoms with Crippen molar-refractivity contribution >= 4 is 21.9 Å². The molecule has 0 amide bonds. The second kappa shape index (κ2) is 7.92. The number of halogens is 1. The highest BCUT2D eigenvalue weighted by atomic mass is 79.9. The maximum atomic E-state index is 10.9. The second-order valence-electron chi connectivity index (χ2n) is 6.07. The quantitative estimate of drug-likeness (QED) is 0.853. The zero-order chi connectivity index (χ0) is 16.9. The van der Waals surface area contributed by atoms with Gasteiger partial charge < -0.3 is 5.11 Å². The molecule has 0 aromatic heterocycles. The number of aliphatic carboxylic acids is 1. The van der Waals surface area contributed by atoms with Crippen molar-refractivity contribution in [3.8, 4) is 0 Å². The van der Waals surface area contributed by atoms with Crippen LogP contribution in [0.4, 0.5) is 0 Å². The van der Waals surface area contributed by atoms with Crippen LogP contribution in [-0.2, 0) is 4.79 Å². The van der Waals surface area contributed by atoms with Gasteiger partial charge in [-0.3, -0.25) is 14.6 Å². The van der Waals surface area contributed by atoms with Crippen molar-refractivity contribution in [2.75, 3.05) is 32.7 Å². The van der Waals surface area contributed by atoms with Gasteiger partial charge in [-0.2, -0.15) is 0 Å². The van der Waals surface area contributed by atoms with E-state index in [9.17, 15) is 4.79 Å².